The summed E-state index contributed by atoms with van der Waals surface area (Å²) in [4.78, 5) is 4.80. The molecule has 0 aliphatic heterocycles. The zero-order valence-electron chi connectivity index (χ0n) is 14.8. The van der Waals surface area contributed by atoms with Gasteiger partial charge in [0.1, 0.15) is 0 Å². The lowest BCUT2D eigenvalue weighted by atomic mass is 10.0. The molecule has 0 bridgehead atoms. The van der Waals surface area contributed by atoms with E-state index in [0.717, 1.165) is 30.5 Å². The van der Waals surface area contributed by atoms with Crippen LogP contribution in [0.4, 0.5) is 5.69 Å². The first kappa shape index (κ1) is 16.7. The van der Waals surface area contributed by atoms with Crippen LogP contribution in [0.1, 0.15) is 27.2 Å². The standard InChI is InChI=1S/C21H27N3/c1-4-22-14-15(2)13-16(3)23-21-17-9-5-7-11-19(17)24-20-12-8-6-10-18(20)21/h5-12,15-16,22H,4,13-14H2,1-3H3,(H,23,24). The fourth-order valence-corrected chi connectivity index (χ4v) is 3.38. The predicted molar refractivity (Wildman–Crippen MR) is 105 cm³/mol. The molecule has 3 aromatic rings. The van der Waals surface area contributed by atoms with E-state index in [0.29, 0.717) is 12.0 Å². The lowest BCUT2D eigenvalue weighted by molar-refractivity contribution is 0.464. The molecule has 0 amide bonds. The van der Waals surface area contributed by atoms with Crippen LogP contribution in [0.15, 0.2) is 48.5 Å². The molecule has 24 heavy (non-hydrogen) atoms. The number of nitrogens with one attached hydrogen (secondary N) is 2. The Balaban J connectivity index is 1.91. The normalized spacial score (nSPS) is 14.0. The van der Waals surface area contributed by atoms with E-state index in [1.54, 1.807) is 0 Å². The van der Waals surface area contributed by atoms with Crippen molar-refractivity contribution in [1.82, 2.24) is 10.3 Å². The molecule has 0 fully saturated rings. The maximum Gasteiger partial charge on any atom is 0.0730 e. The number of pyridine rings is 1. The molecule has 0 saturated heterocycles. The Bertz CT molecular complexity index is 758. The van der Waals surface area contributed by atoms with Gasteiger partial charge in [-0.3, -0.25) is 0 Å². The van der Waals surface area contributed by atoms with Gasteiger partial charge >= 0.3 is 0 Å². The lowest BCUT2D eigenvalue weighted by Crippen LogP contribution is -2.26. The molecule has 2 atom stereocenters. The summed E-state index contributed by atoms with van der Waals surface area (Å²) in [6, 6.07) is 17.2. The van der Waals surface area contributed by atoms with Crippen LogP contribution in [0.25, 0.3) is 21.8 Å². The highest BCUT2D eigenvalue weighted by Crippen LogP contribution is 2.31. The maximum absolute atomic E-state index is 4.80. The molecule has 0 radical (unpaired) electrons. The van der Waals surface area contributed by atoms with E-state index in [1.165, 1.54) is 16.5 Å². The van der Waals surface area contributed by atoms with E-state index < -0.39 is 0 Å². The number of hydrogen-bond donors (Lipinski definition) is 2. The molecule has 1 aromatic heterocycles. The van der Waals surface area contributed by atoms with Crippen molar-refractivity contribution in [2.75, 3.05) is 18.4 Å². The van der Waals surface area contributed by atoms with Gasteiger partial charge in [0, 0.05) is 16.8 Å². The highest BCUT2D eigenvalue weighted by Gasteiger charge is 2.13. The van der Waals surface area contributed by atoms with Gasteiger partial charge in [-0.25, -0.2) is 4.98 Å². The zero-order chi connectivity index (χ0) is 16.9. The highest BCUT2D eigenvalue weighted by molar-refractivity contribution is 6.07. The molecule has 3 nitrogen and oxygen atoms in total. The van der Waals surface area contributed by atoms with Crippen molar-refractivity contribution in [3.05, 3.63) is 48.5 Å². The van der Waals surface area contributed by atoms with Crippen molar-refractivity contribution in [3.8, 4) is 0 Å². The second kappa shape index (κ2) is 7.63. The number of anilines is 1. The van der Waals surface area contributed by atoms with Crippen molar-refractivity contribution in [1.29, 1.82) is 0 Å². The topological polar surface area (TPSA) is 37.0 Å². The summed E-state index contributed by atoms with van der Waals surface area (Å²) in [6.07, 6.45) is 1.14. The molecule has 3 rings (SSSR count). The minimum Gasteiger partial charge on any atom is -0.381 e. The first-order valence-corrected chi connectivity index (χ1v) is 8.93. The summed E-state index contributed by atoms with van der Waals surface area (Å²) in [6.45, 7) is 8.84. The van der Waals surface area contributed by atoms with E-state index in [4.69, 9.17) is 4.98 Å². The monoisotopic (exact) mass is 321 g/mol. The van der Waals surface area contributed by atoms with Gasteiger partial charge in [0.15, 0.2) is 0 Å². The Hall–Kier alpha value is -2.13. The Morgan fingerprint density at radius 3 is 2.08 bits per heavy atom. The number of aromatic nitrogens is 1. The zero-order valence-corrected chi connectivity index (χ0v) is 14.8. The molecule has 3 heteroatoms. The van der Waals surface area contributed by atoms with Gasteiger partial charge in [-0.15, -0.1) is 0 Å². The second-order valence-electron chi connectivity index (χ2n) is 6.72. The van der Waals surface area contributed by atoms with Crippen LogP contribution in [0.2, 0.25) is 0 Å². The molecule has 2 unspecified atom stereocenters. The van der Waals surface area contributed by atoms with Gasteiger partial charge in [0.2, 0.25) is 0 Å². The number of rotatable bonds is 7. The summed E-state index contributed by atoms with van der Waals surface area (Å²) >= 11 is 0. The Morgan fingerprint density at radius 2 is 1.50 bits per heavy atom. The third-order valence-corrected chi connectivity index (χ3v) is 4.48. The van der Waals surface area contributed by atoms with Gasteiger partial charge in [-0.05, 0) is 44.5 Å². The molecular formula is C21H27N3. The second-order valence-corrected chi connectivity index (χ2v) is 6.72. The summed E-state index contributed by atoms with van der Waals surface area (Å²) in [5, 5.41) is 9.60. The molecule has 0 aliphatic carbocycles. The van der Waals surface area contributed by atoms with E-state index in [9.17, 15) is 0 Å². The van der Waals surface area contributed by atoms with Crippen LogP contribution in [-0.4, -0.2) is 24.1 Å². The molecule has 0 saturated carbocycles. The SMILES string of the molecule is CCNCC(C)CC(C)Nc1c2ccccc2nc2ccccc12. The van der Waals surface area contributed by atoms with Crippen molar-refractivity contribution in [2.24, 2.45) is 5.92 Å². The average Bonchev–Trinajstić information content (AvgIpc) is 2.59. The molecule has 1 heterocycles. The van der Waals surface area contributed by atoms with Gasteiger partial charge in [-0.1, -0.05) is 50.2 Å². The first-order valence-electron chi connectivity index (χ1n) is 8.93. The molecule has 2 aromatic carbocycles. The fraction of sp³-hybridized carbons (Fsp3) is 0.381. The van der Waals surface area contributed by atoms with Crippen LogP contribution < -0.4 is 10.6 Å². The summed E-state index contributed by atoms with van der Waals surface area (Å²) < 4.78 is 0. The smallest absolute Gasteiger partial charge is 0.0730 e. The maximum atomic E-state index is 4.80. The summed E-state index contributed by atoms with van der Waals surface area (Å²) in [7, 11) is 0. The first-order chi connectivity index (χ1) is 11.7. The minimum absolute atomic E-state index is 0.410. The molecule has 0 aliphatic rings. The number of hydrogen-bond acceptors (Lipinski definition) is 3. The molecular weight excluding hydrogens is 294 g/mol. The van der Waals surface area contributed by atoms with Crippen LogP contribution in [-0.2, 0) is 0 Å². The average molecular weight is 321 g/mol. The van der Waals surface area contributed by atoms with E-state index >= 15 is 0 Å². The lowest BCUT2D eigenvalue weighted by Gasteiger charge is -2.22. The van der Waals surface area contributed by atoms with Gasteiger partial charge in [0.25, 0.3) is 0 Å². The number of fused-ring (bicyclic) bond motifs is 2. The van der Waals surface area contributed by atoms with E-state index in [1.807, 2.05) is 0 Å². The van der Waals surface area contributed by atoms with Crippen LogP contribution in [0, 0.1) is 5.92 Å². The van der Waals surface area contributed by atoms with Gasteiger partial charge in [0.05, 0.1) is 16.7 Å². The molecule has 0 spiro atoms. The van der Waals surface area contributed by atoms with Crippen LogP contribution >= 0.6 is 0 Å². The third kappa shape index (κ3) is 3.68. The van der Waals surface area contributed by atoms with Crippen LogP contribution in [0.3, 0.4) is 0 Å². The van der Waals surface area contributed by atoms with Crippen LogP contribution in [0.5, 0.6) is 0 Å². The number of nitrogens with zero attached hydrogens (tertiary/aromatic N) is 1. The minimum atomic E-state index is 0.410. The van der Waals surface area contributed by atoms with Crippen molar-refractivity contribution in [2.45, 2.75) is 33.2 Å². The molecule has 2 N–H and O–H groups in total. The Morgan fingerprint density at radius 1 is 0.917 bits per heavy atom. The number of para-hydroxylation sites is 2. The van der Waals surface area contributed by atoms with E-state index in [2.05, 4.69) is 79.9 Å². The Kier molecular flexibility index (Phi) is 5.31. The summed E-state index contributed by atoms with van der Waals surface area (Å²) in [5.74, 6) is 0.645. The summed E-state index contributed by atoms with van der Waals surface area (Å²) in [5.41, 5.74) is 3.30. The Labute approximate surface area is 144 Å². The fourth-order valence-electron chi connectivity index (χ4n) is 3.38. The highest BCUT2D eigenvalue weighted by atomic mass is 14.9. The molecule has 126 valence electrons. The van der Waals surface area contributed by atoms with Gasteiger partial charge < -0.3 is 10.6 Å². The van der Waals surface area contributed by atoms with E-state index in [-0.39, 0.29) is 0 Å². The quantitative estimate of drug-likeness (QED) is 0.612. The largest absolute Gasteiger partial charge is 0.381 e. The van der Waals surface area contributed by atoms with Crippen molar-refractivity contribution in [3.63, 3.8) is 0 Å². The van der Waals surface area contributed by atoms with Crippen molar-refractivity contribution < 1.29 is 0 Å². The van der Waals surface area contributed by atoms with Crippen molar-refractivity contribution >= 4 is 27.5 Å². The van der Waals surface area contributed by atoms with Gasteiger partial charge in [-0.2, -0.15) is 0 Å². The third-order valence-electron chi connectivity index (χ3n) is 4.48. The number of benzene rings is 2. The predicted octanol–water partition coefficient (Wildman–Crippen LogP) is 4.82.